The Hall–Kier alpha value is -1.36. The molecule has 15 heavy (non-hydrogen) atoms. The molecule has 0 bridgehead atoms. The van der Waals surface area contributed by atoms with Gasteiger partial charge < -0.3 is 14.2 Å². The lowest BCUT2D eigenvalue weighted by Crippen LogP contribution is -2.25. The van der Waals surface area contributed by atoms with Crippen LogP contribution in [0.2, 0.25) is 0 Å². The number of carbonyl (C=O) groups excluding carboxylic acids is 1. The van der Waals surface area contributed by atoms with E-state index in [1.807, 2.05) is 0 Å². The molecule has 0 N–H and O–H groups in total. The van der Waals surface area contributed by atoms with Crippen LogP contribution in [-0.4, -0.2) is 30.9 Å². The summed E-state index contributed by atoms with van der Waals surface area (Å²) in [5.74, 6) is 0.249. The molecular weight excluding hydrogens is 198 g/mol. The van der Waals surface area contributed by atoms with Crippen molar-refractivity contribution in [3.05, 3.63) is 12.3 Å². The number of ether oxygens (including phenoxy) is 3. The van der Waals surface area contributed by atoms with E-state index >= 15 is 0 Å². The fourth-order valence-corrected chi connectivity index (χ4v) is 1.44. The molecule has 82 valence electrons. The minimum Gasteiger partial charge on any atom is -0.464 e. The molecule has 1 saturated heterocycles. The summed E-state index contributed by atoms with van der Waals surface area (Å²) in [4.78, 5) is 15.2. The van der Waals surface area contributed by atoms with E-state index < -0.39 is 6.10 Å². The smallest absolute Gasteiger partial charge is 0.335 e. The van der Waals surface area contributed by atoms with E-state index in [2.05, 4.69) is 4.99 Å². The van der Waals surface area contributed by atoms with Crippen molar-refractivity contribution in [2.24, 2.45) is 4.99 Å². The molecule has 0 saturated carbocycles. The number of aliphatic imine (C=N–C) groups is 1. The van der Waals surface area contributed by atoms with Crippen molar-refractivity contribution in [2.75, 3.05) is 6.61 Å². The van der Waals surface area contributed by atoms with E-state index in [0.717, 1.165) is 0 Å². The quantitative estimate of drug-likeness (QED) is 0.653. The third-order valence-electron chi connectivity index (χ3n) is 2.20. The van der Waals surface area contributed by atoms with Crippen molar-refractivity contribution in [2.45, 2.75) is 32.2 Å². The maximum Gasteiger partial charge on any atom is 0.335 e. The Morgan fingerprint density at radius 3 is 3.07 bits per heavy atom. The third-order valence-corrected chi connectivity index (χ3v) is 2.20. The highest BCUT2D eigenvalue weighted by atomic mass is 16.7. The van der Waals surface area contributed by atoms with Gasteiger partial charge in [0.2, 0.25) is 12.2 Å². The molecular formula is C10H13NO4. The van der Waals surface area contributed by atoms with E-state index in [1.165, 1.54) is 0 Å². The van der Waals surface area contributed by atoms with Gasteiger partial charge in [-0.15, -0.1) is 0 Å². The second-order valence-corrected chi connectivity index (χ2v) is 3.28. The Balaban J connectivity index is 1.76. The van der Waals surface area contributed by atoms with Crippen molar-refractivity contribution < 1.29 is 19.0 Å². The zero-order valence-corrected chi connectivity index (χ0v) is 8.51. The zero-order valence-electron chi connectivity index (χ0n) is 8.51. The summed E-state index contributed by atoms with van der Waals surface area (Å²) in [5.41, 5.74) is 0. The van der Waals surface area contributed by atoms with E-state index in [-0.39, 0.29) is 12.3 Å². The van der Waals surface area contributed by atoms with E-state index in [0.29, 0.717) is 25.3 Å². The van der Waals surface area contributed by atoms with Gasteiger partial charge in [0.15, 0.2) is 6.10 Å². The van der Waals surface area contributed by atoms with Gasteiger partial charge in [-0.2, -0.15) is 0 Å². The van der Waals surface area contributed by atoms with E-state index in [9.17, 15) is 4.79 Å². The van der Waals surface area contributed by atoms with Crippen LogP contribution in [0.3, 0.4) is 0 Å². The lowest BCUT2D eigenvalue weighted by atomic mass is 10.2. The standard InChI is InChI=1S/C10H13NO4/c1-2-13-10(12)7-3-4-9(14-7)15-8-5-6-11-8/h5-7,9H,2-4H2,1H3/t7-,9+/m0/s1. The lowest BCUT2D eigenvalue weighted by Gasteiger charge is -2.15. The molecule has 0 radical (unpaired) electrons. The van der Waals surface area contributed by atoms with Crippen molar-refractivity contribution in [1.29, 1.82) is 0 Å². The second-order valence-electron chi connectivity index (χ2n) is 3.28. The second kappa shape index (κ2) is 4.44. The predicted octanol–water partition coefficient (Wildman–Crippen LogP) is 0.997. The molecule has 0 amide bonds. The average molecular weight is 211 g/mol. The van der Waals surface area contributed by atoms with Crippen LogP contribution in [0, 0.1) is 0 Å². The molecule has 0 aliphatic carbocycles. The van der Waals surface area contributed by atoms with E-state index in [1.54, 1.807) is 19.2 Å². The minimum absolute atomic E-state index is 0.310. The maximum absolute atomic E-state index is 11.3. The molecule has 0 aromatic rings. The Bertz CT molecular complexity index is 311. The van der Waals surface area contributed by atoms with Crippen molar-refractivity contribution >= 4 is 11.9 Å². The Labute approximate surface area is 87.7 Å². The minimum atomic E-state index is -0.486. The third kappa shape index (κ3) is 2.36. The van der Waals surface area contributed by atoms with Gasteiger partial charge >= 0.3 is 5.97 Å². The van der Waals surface area contributed by atoms with Gasteiger partial charge in [0, 0.05) is 18.7 Å². The summed E-state index contributed by atoms with van der Waals surface area (Å²) >= 11 is 0. The lowest BCUT2D eigenvalue weighted by molar-refractivity contribution is -0.163. The van der Waals surface area contributed by atoms with Gasteiger partial charge in [-0.1, -0.05) is 0 Å². The Morgan fingerprint density at radius 1 is 1.67 bits per heavy atom. The van der Waals surface area contributed by atoms with Crippen molar-refractivity contribution in [1.82, 2.24) is 0 Å². The first kappa shape index (κ1) is 10.2. The predicted molar refractivity (Wildman–Crippen MR) is 52.2 cm³/mol. The fraction of sp³-hybridized carbons (Fsp3) is 0.600. The average Bonchev–Trinajstić information content (AvgIpc) is 2.60. The highest BCUT2D eigenvalue weighted by Gasteiger charge is 2.33. The molecule has 0 aromatic heterocycles. The van der Waals surface area contributed by atoms with Gasteiger partial charge in [-0.05, 0) is 13.3 Å². The first-order chi connectivity index (χ1) is 7.29. The van der Waals surface area contributed by atoms with Crippen molar-refractivity contribution in [3.8, 4) is 0 Å². The molecule has 0 aromatic carbocycles. The van der Waals surface area contributed by atoms with Gasteiger partial charge in [0.05, 0.1) is 6.61 Å². The monoisotopic (exact) mass is 211 g/mol. The van der Waals surface area contributed by atoms with Gasteiger partial charge in [-0.3, -0.25) is 0 Å². The Kier molecular flexibility index (Phi) is 3.01. The molecule has 5 nitrogen and oxygen atoms in total. The summed E-state index contributed by atoms with van der Waals surface area (Å²) in [7, 11) is 0. The summed E-state index contributed by atoms with van der Waals surface area (Å²) in [6, 6.07) is 0. The van der Waals surface area contributed by atoms with Gasteiger partial charge in [-0.25, -0.2) is 9.79 Å². The van der Waals surface area contributed by atoms with Crippen LogP contribution in [0.4, 0.5) is 0 Å². The number of esters is 1. The largest absolute Gasteiger partial charge is 0.464 e. The number of carbonyl (C=O) groups is 1. The first-order valence-electron chi connectivity index (χ1n) is 5.02. The van der Waals surface area contributed by atoms with Crippen LogP contribution >= 0.6 is 0 Å². The van der Waals surface area contributed by atoms with Crippen LogP contribution in [0.1, 0.15) is 19.8 Å². The highest BCUT2D eigenvalue weighted by molar-refractivity contribution is 5.92. The van der Waals surface area contributed by atoms with Crippen molar-refractivity contribution in [3.63, 3.8) is 0 Å². The maximum atomic E-state index is 11.3. The Morgan fingerprint density at radius 2 is 2.47 bits per heavy atom. The summed E-state index contributed by atoms with van der Waals surface area (Å²) in [5, 5.41) is 0. The van der Waals surface area contributed by atoms with Crippen LogP contribution < -0.4 is 0 Å². The number of nitrogens with zero attached hydrogens (tertiary/aromatic N) is 1. The van der Waals surface area contributed by atoms with E-state index in [4.69, 9.17) is 14.2 Å². The fourth-order valence-electron chi connectivity index (χ4n) is 1.44. The normalized spacial score (nSPS) is 28.2. The number of hydrogen-bond acceptors (Lipinski definition) is 5. The summed E-state index contributed by atoms with van der Waals surface area (Å²) < 4.78 is 15.6. The summed E-state index contributed by atoms with van der Waals surface area (Å²) in [6.07, 6.45) is 3.87. The summed E-state index contributed by atoms with van der Waals surface area (Å²) in [6.45, 7) is 2.15. The molecule has 5 heteroatoms. The molecule has 2 heterocycles. The van der Waals surface area contributed by atoms with Crippen LogP contribution in [-0.2, 0) is 19.0 Å². The SMILES string of the molecule is CCOC(=O)[C@@H]1CC[C@@H](OC2=NC=C2)O1. The molecule has 2 rings (SSSR count). The number of hydrogen-bond donors (Lipinski definition) is 0. The van der Waals surface area contributed by atoms with Crippen LogP contribution in [0.5, 0.6) is 0 Å². The first-order valence-corrected chi connectivity index (χ1v) is 5.02. The topological polar surface area (TPSA) is 57.1 Å². The highest BCUT2D eigenvalue weighted by Crippen LogP contribution is 2.22. The molecule has 0 unspecified atom stereocenters. The molecule has 1 fully saturated rings. The molecule has 2 atom stereocenters. The van der Waals surface area contributed by atoms with Crippen LogP contribution in [0.15, 0.2) is 17.3 Å². The van der Waals surface area contributed by atoms with Gasteiger partial charge in [0.1, 0.15) is 0 Å². The zero-order chi connectivity index (χ0) is 10.7. The van der Waals surface area contributed by atoms with Crippen LogP contribution in [0.25, 0.3) is 0 Å². The van der Waals surface area contributed by atoms with Gasteiger partial charge in [0.25, 0.3) is 0 Å². The molecule has 2 aliphatic heterocycles. The molecule has 0 spiro atoms. The molecule has 2 aliphatic rings. The number of rotatable bonds is 3.